The van der Waals surface area contributed by atoms with Crippen LogP contribution in [0.4, 0.5) is 0 Å². The number of amides is 1. The Hall–Kier alpha value is -2.46. The second kappa shape index (κ2) is 5.89. The van der Waals surface area contributed by atoms with Crippen molar-refractivity contribution in [3.8, 4) is 6.07 Å². The first-order valence-electron chi connectivity index (χ1n) is 6.26. The summed E-state index contributed by atoms with van der Waals surface area (Å²) in [5.41, 5.74) is 1.56. The van der Waals surface area contributed by atoms with Crippen LogP contribution in [-0.2, 0) is 9.59 Å². The number of carbonyl (C=O) groups is 2. The summed E-state index contributed by atoms with van der Waals surface area (Å²) in [5, 5.41) is 11.2. The molecule has 1 atom stereocenters. The second-order valence-electron chi connectivity index (χ2n) is 4.49. The third kappa shape index (κ3) is 2.85. The van der Waals surface area contributed by atoms with Crippen molar-refractivity contribution in [2.45, 2.75) is 13.8 Å². The zero-order valence-electron chi connectivity index (χ0n) is 11.9. The number of hydrogen-bond acceptors (Lipinski definition) is 5. The summed E-state index contributed by atoms with van der Waals surface area (Å²) < 4.78 is 1.89. The highest BCUT2D eigenvalue weighted by Gasteiger charge is 2.23. The molecular weight excluding hydrogens is 288 g/mol. The summed E-state index contributed by atoms with van der Waals surface area (Å²) in [4.78, 5) is 29.7. The van der Waals surface area contributed by atoms with Gasteiger partial charge in [-0.25, -0.2) is 4.98 Å². The molecule has 0 spiro atoms. The summed E-state index contributed by atoms with van der Waals surface area (Å²) in [6.07, 6.45) is 4.79. The number of nitriles is 1. The van der Waals surface area contributed by atoms with Crippen LogP contribution in [-0.4, -0.2) is 28.1 Å². The van der Waals surface area contributed by atoms with Crippen molar-refractivity contribution in [2.75, 3.05) is 7.05 Å². The number of imidazole rings is 1. The number of thiazole rings is 1. The molecule has 0 saturated heterocycles. The Kier molecular flexibility index (Phi) is 4.19. The molecule has 21 heavy (non-hydrogen) atoms. The van der Waals surface area contributed by atoms with E-state index in [0.29, 0.717) is 0 Å². The van der Waals surface area contributed by atoms with E-state index in [0.717, 1.165) is 21.2 Å². The lowest BCUT2D eigenvalue weighted by Crippen LogP contribution is -2.31. The van der Waals surface area contributed by atoms with E-state index in [1.54, 1.807) is 23.5 Å². The van der Waals surface area contributed by atoms with Crippen molar-refractivity contribution in [1.82, 2.24) is 14.7 Å². The fraction of sp³-hybridized carbons (Fsp3) is 0.286. The van der Waals surface area contributed by atoms with Crippen molar-refractivity contribution in [1.29, 1.82) is 5.26 Å². The van der Waals surface area contributed by atoms with Gasteiger partial charge >= 0.3 is 0 Å². The molecule has 0 radical (unpaired) electrons. The molecule has 0 saturated carbocycles. The number of hydrogen-bond donors (Lipinski definition) is 1. The highest BCUT2D eigenvalue weighted by atomic mass is 32.1. The number of fused-ring (bicyclic) bond motifs is 1. The van der Waals surface area contributed by atoms with Gasteiger partial charge in [0.1, 0.15) is 0 Å². The molecule has 1 N–H and O–H groups in total. The maximum Gasteiger partial charge on any atom is 0.245 e. The van der Waals surface area contributed by atoms with Gasteiger partial charge in [-0.2, -0.15) is 5.26 Å². The topological polar surface area (TPSA) is 87.3 Å². The van der Waals surface area contributed by atoms with Crippen LogP contribution in [0.1, 0.15) is 16.3 Å². The predicted octanol–water partition coefficient (Wildman–Crippen LogP) is 1.48. The largest absolute Gasteiger partial charge is 0.358 e. The fourth-order valence-electron chi connectivity index (χ4n) is 1.93. The maximum absolute atomic E-state index is 11.9. The Bertz CT molecular complexity index is 779. The van der Waals surface area contributed by atoms with E-state index in [1.807, 2.05) is 24.4 Å². The number of rotatable bonds is 4. The minimum Gasteiger partial charge on any atom is -0.358 e. The summed E-state index contributed by atoms with van der Waals surface area (Å²) in [7, 11) is 1.39. The van der Waals surface area contributed by atoms with Gasteiger partial charge in [-0.15, -0.1) is 11.3 Å². The van der Waals surface area contributed by atoms with Gasteiger partial charge in [-0.1, -0.05) is 0 Å². The van der Waals surface area contributed by atoms with Gasteiger partial charge < -0.3 is 5.32 Å². The van der Waals surface area contributed by atoms with E-state index in [4.69, 9.17) is 5.26 Å². The number of nitrogens with one attached hydrogen (secondary N) is 1. The van der Waals surface area contributed by atoms with Crippen molar-refractivity contribution in [3.05, 3.63) is 28.5 Å². The van der Waals surface area contributed by atoms with Crippen molar-refractivity contribution in [3.63, 3.8) is 0 Å². The normalized spacial score (nSPS) is 12.5. The van der Waals surface area contributed by atoms with Crippen LogP contribution in [0.3, 0.4) is 0 Å². The second-order valence-corrected chi connectivity index (χ2v) is 5.70. The van der Waals surface area contributed by atoms with Crippen LogP contribution in [0, 0.1) is 31.1 Å². The Morgan fingerprint density at radius 3 is 2.86 bits per heavy atom. The van der Waals surface area contributed by atoms with Crippen LogP contribution in [0.2, 0.25) is 0 Å². The average molecular weight is 302 g/mol. The number of allylic oxidation sites excluding steroid dienone is 1. The first kappa shape index (κ1) is 14.9. The zero-order chi connectivity index (χ0) is 15.6. The van der Waals surface area contributed by atoms with Gasteiger partial charge in [0.05, 0.1) is 17.5 Å². The molecular formula is C14H14N4O2S. The van der Waals surface area contributed by atoms with E-state index in [-0.39, 0.29) is 0 Å². The van der Waals surface area contributed by atoms with Gasteiger partial charge in [0, 0.05) is 18.1 Å². The number of nitrogens with zero attached hydrogens (tertiary/aromatic N) is 3. The zero-order valence-corrected chi connectivity index (χ0v) is 12.7. The van der Waals surface area contributed by atoms with Gasteiger partial charge in [0.15, 0.2) is 16.7 Å². The SMILES string of the molecule is CNC(=O)C(C#N)C(=O)/C=C/c1c(C)nc2sc(C)cn12. The molecule has 0 aliphatic carbocycles. The average Bonchev–Trinajstić information content (AvgIpc) is 2.92. The van der Waals surface area contributed by atoms with Crippen LogP contribution >= 0.6 is 11.3 Å². The molecule has 2 aromatic rings. The predicted molar refractivity (Wildman–Crippen MR) is 79.8 cm³/mol. The molecule has 1 unspecified atom stereocenters. The molecule has 108 valence electrons. The van der Waals surface area contributed by atoms with Crippen molar-refractivity contribution < 1.29 is 9.59 Å². The van der Waals surface area contributed by atoms with Crippen molar-refractivity contribution >= 4 is 34.1 Å². The van der Waals surface area contributed by atoms with Gasteiger partial charge in [0.25, 0.3) is 0 Å². The molecule has 1 amide bonds. The molecule has 2 heterocycles. The summed E-state index contributed by atoms with van der Waals surface area (Å²) in [6, 6.07) is 1.71. The standard InChI is InChI=1S/C14H14N4O2S/c1-8-7-18-11(9(2)17-14(18)21-8)4-5-12(19)10(6-15)13(20)16-3/h4-5,7,10H,1-3H3,(H,16,20)/b5-4+. The fourth-order valence-corrected chi connectivity index (χ4v) is 2.81. The molecule has 0 aromatic carbocycles. The highest BCUT2D eigenvalue weighted by Crippen LogP contribution is 2.21. The van der Waals surface area contributed by atoms with Crippen LogP contribution in [0.15, 0.2) is 12.3 Å². The van der Waals surface area contributed by atoms with E-state index in [1.165, 1.54) is 13.1 Å². The molecule has 0 aliphatic rings. The minimum atomic E-state index is -1.32. The minimum absolute atomic E-state index is 0.543. The number of ketones is 1. The molecule has 2 rings (SSSR count). The Morgan fingerprint density at radius 2 is 2.24 bits per heavy atom. The summed E-state index contributed by atoms with van der Waals surface area (Å²) in [6.45, 7) is 3.82. The van der Waals surface area contributed by atoms with Crippen LogP contribution < -0.4 is 5.32 Å². The van der Waals surface area contributed by atoms with E-state index < -0.39 is 17.6 Å². The van der Waals surface area contributed by atoms with E-state index in [2.05, 4.69) is 10.3 Å². The van der Waals surface area contributed by atoms with Gasteiger partial charge in [-0.3, -0.25) is 14.0 Å². The Morgan fingerprint density at radius 1 is 1.52 bits per heavy atom. The monoisotopic (exact) mass is 302 g/mol. The molecule has 0 aliphatic heterocycles. The third-order valence-corrected chi connectivity index (χ3v) is 3.89. The molecule has 0 fully saturated rings. The van der Waals surface area contributed by atoms with E-state index >= 15 is 0 Å². The number of aryl methyl sites for hydroxylation is 2. The highest BCUT2D eigenvalue weighted by molar-refractivity contribution is 7.17. The lowest BCUT2D eigenvalue weighted by atomic mass is 10.0. The molecule has 0 bridgehead atoms. The first-order chi connectivity index (χ1) is 9.97. The smallest absolute Gasteiger partial charge is 0.245 e. The Balaban J connectivity index is 2.31. The molecule has 7 heteroatoms. The Labute approximate surface area is 125 Å². The molecule has 2 aromatic heterocycles. The van der Waals surface area contributed by atoms with Gasteiger partial charge in [-0.05, 0) is 26.0 Å². The number of carbonyl (C=O) groups excluding carboxylic acids is 2. The van der Waals surface area contributed by atoms with Crippen LogP contribution in [0.25, 0.3) is 11.0 Å². The van der Waals surface area contributed by atoms with Gasteiger partial charge in [0.2, 0.25) is 5.91 Å². The van der Waals surface area contributed by atoms with E-state index in [9.17, 15) is 9.59 Å². The quantitative estimate of drug-likeness (QED) is 0.684. The van der Waals surface area contributed by atoms with Crippen molar-refractivity contribution in [2.24, 2.45) is 5.92 Å². The number of aromatic nitrogens is 2. The maximum atomic E-state index is 11.9. The summed E-state index contributed by atoms with van der Waals surface area (Å²) in [5.74, 6) is -2.47. The first-order valence-corrected chi connectivity index (χ1v) is 7.07. The van der Waals surface area contributed by atoms with Crippen LogP contribution in [0.5, 0.6) is 0 Å². The lowest BCUT2D eigenvalue weighted by molar-refractivity contribution is -0.129. The summed E-state index contributed by atoms with van der Waals surface area (Å²) >= 11 is 1.56. The molecule has 6 nitrogen and oxygen atoms in total. The lowest BCUT2D eigenvalue weighted by Gasteiger charge is -2.02. The third-order valence-electron chi connectivity index (χ3n) is 2.99.